The summed E-state index contributed by atoms with van der Waals surface area (Å²) in [7, 11) is -1.35. The molecule has 1 atom stereocenters. The average molecular weight is 292 g/mol. The molecule has 0 aliphatic carbocycles. The first-order valence-corrected chi connectivity index (χ1v) is 7.30. The zero-order valence-electron chi connectivity index (χ0n) is 10.6. The molecule has 0 spiro atoms. The Morgan fingerprint density at radius 1 is 1.10 bits per heavy atom. The van der Waals surface area contributed by atoms with Gasteiger partial charge >= 0.3 is 5.97 Å². The van der Waals surface area contributed by atoms with Gasteiger partial charge in [0.15, 0.2) is 0 Å². The minimum Gasteiger partial charge on any atom is -0.481 e. The van der Waals surface area contributed by atoms with Crippen LogP contribution in [0.5, 0.6) is 0 Å². The van der Waals surface area contributed by atoms with Gasteiger partial charge in [-0.15, -0.1) is 0 Å². The highest BCUT2D eigenvalue weighted by molar-refractivity contribution is 7.84. The van der Waals surface area contributed by atoms with Gasteiger partial charge in [0.25, 0.3) is 0 Å². The van der Waals surface area contributed by atoms with Crippen LogP contribution in [0.4, 0.5) is 4.39 Å². The van der Waals surface area contributed by atoms with E-state index in [4.69, 9.17) is 5.11 Å². The summed E-state index contributed by atoms with van der Waals surface area (Å²) in [6.07, 6.45) is -0.0692. The minimum absolute atomic E-state index is 0.0692. The van der Waals surface area contributed by atoms with Gasteiger partial charge in [0.2, 0.25) is 0 Å². The van der Waals surface area contributed by atoms with E-state index < -0.39 is 16.8 Å². The molecule has 0 aliphatic rings. The van der Waals surface area contributed by atoms with E-state index in [1.54, 1.807) is 42.5 Å². The van der Waals surface area contributed by atoms with Crippen molar-refractivity contribution >= 4 is 16.8 Å². The monoisotopic (exact) mass is 292 g/mol. The third kappa shape index (κ3) is 3.74. The summed E-state index contributed by atoms with van der Waals surface area (Å²) in [4.78, 5) is 11.1. The fourth-order valence-electron chi connectivity index (χ4n) is 1.77. The molecule has 0 saturated heterocycles. The molecule has 2 aromatic rings. The molecule has 5 heteroatoms. The Bertz CT molecular complexity index is 638. The molecule has 0 radical (unpaired) electrons. The minimum atomic E-state index is -1.35. The maximum atomic E-state index is 13.5. The van der Waals surface area contributed by atoms with Crippen LogP contribution in [-0.4, -0.2) is 15.3 Å². The van der Waals surface area contributed by atoms with Crippen molar-refractivity contribution in [2.45, 2.75) is 17.1 Å². The molecule has 1 unspecified atom stereocenters. The van der Waals surface area contributed by atoms with Crippen molar-refractivity contribution in [3.05, 3.63) is 65.5 Å². The van der Waals surface area contributed by atoms with Gasteiger partial charge in [-0.1, -0.05) is 30.3 Å². The quantitative estimate of drug-likeness (QED) is 0.922. The first-order valence-electron chi connectivity index (χ1n) is 5.99. The maximum absolute atomic E-state index is 13.5. The highest BCUT2D eigenvalue weighted by Crippen LogP contribution is 2.16. The molecule has 0 aliphatic heterocycles. The molecule has 0 aromatic heterocycles. The third-order valence-corrected chi connectivity index (χ3v) is 4.16. The van der Waals surface area contributed by atoms with E-state index in [1.807, 2.05) is 0 Å². The Kier molecular flexibility index (Phi) is 4.63. The van der Waals surface area contributed by atoms with Crippen LogP contribution in [0.15, 0.2) is 53.4 Å². The Morgan fingerprint density at radius 2 is 1.75 bits per heavy atom. The third-order valence-electron chi connectivity index (χ3n) is 2.79. The summed E-state index contributed by atoms with van der Waals surface area (Å²) in [5, 5.41) is 8.67. The first kappa shape index (κ1) is 14.4. The van der Waals surface area contributed by atoms with Gasteiger partial charge in [0.05, 0.1) is 23.0 Å². The smallest absolute Gasteiger partial charge is 0.307 e. The molecule has 0 saturated carbocycles. The van der Waals surface area contributed by atoms with E-state index in [1.165, 1.54) is 6.07 Å². The van der Waals surface area contributed by atoms with Crippen molar-refractivity contribution in [1.29, 1.82) is 0 Å². The summed E-state index contributed by atoms with van der Waals surface area (Å²) < 4.78 is 25.6. The van der Waals surface area contributed by atoms with Crippen LogP contribution in [0, 0.1) is 5.82 Å². The molecule has 104 valence electrons. The molecule has 2 rings (SSSR count). The van der Waals surface area contributed by atoms with Gasteiger partial charge in [-0.25, -0.2) is 4.39 Å². The second kappa shape index (κ2) is 6.43. The predicted molar refractivity (Wildman–Crippen MR) is 74.3 cm³/mol. The Balaban J connectivity index is 2.10. The molecule has 0 fully saturated rings. The van der Waals surface area contributed by atoms with Crippen LogP contribution < -0.4 is 0 Å². The van der Waals surface area contributed by atoms with E-state index in [-0.39, 0.29) is 18.0 Å². The lowest BCUT2D eigenvalue weighted by atomic mass is 10.2. The molecule has 1 N–H and O–H groups in total. The summed E-state index contributed by atoms with van der Waals surface area (Å²) in [5.74, 6) is -1.18. The van der Waals surface area contributed by atoms with Crippen LogP contribution in [-0.2, 0) is 27.8 Å². The fourth-order valence-corrected chi connectivity index (χ4v) is 2.90. The molecule has 0 bridgehead atoms. The molecule has 0 amide bonds. The largest absolute Gasteiger partial charge is 0.481 e. The number of aliphatic carboxylic acids is 1. The van der Waals surface area contributed by atoms with Gasteiger partial charge in [-0.05, 0) is 23.8 Å². The lowest BCUT2D eigenvalue weighted by Gasteiger charge is -2.05. The highest BCUT2D eigenvalue weighted by atomic mass is 32.2. The van der Waals surface area contributed by atoms with Gasteiger partial charge < -0.3 is 5.11 Å². The number of carboxylic acid groups (broad SMARTS) is 1. The fraction of sp³-hybridized carbons (Fsp3) is 0.133. The number of carboxylic acids is 1. The molecule has 20 heavy (non-hydrogen) atoms. The number of halogens is 1. The summed E-state index contributed by atoms with van der Waals surface area (Å²) in [6.45, 7) is 0. The van der Waals surface area contributed by atoms with Crippen molar-refractivity contribution in [3.63, 3.8) is 0 Å². The Morgan fingerprint density at radius 3 is 2.35 bits per heavy atom. The molecule has 2 aromatic carbocycles. The van der Waals surface area contributed by atoms with Crippen LogP contribution in [0.3, 0.4) is 0 Å². The number of carbonyl (C=O) groups is 1. The van der Waals surface area contributed by atoms with Crippen molar-refractivity contribution in [2.75, 3.05) is 0 Å². The number of hydrogen-bond donors (Lipinski definition) is 1. The van der Waals surface area contributed by atoms with E-state index in [0.29, 0.717) is 16.0 Å². The zero-order chi connectivity index (χ0) is 14.5. The standard InChI is InChI=1S/C15H13FO3S/c16-14-4-2-1-3-12(14)10-20(19)13-7-5-11(6-8-13)9-15(17)18/h1-8H,9-10H2,(H,17,18). The Hall–Kier alpha value is -2.01. The number of benzene rings is 2. The summed E-state index contributed by atoms with van der Waals surface area (Å²) in [6, 6.07) is 12.7. The SMILES string of the molecule is O=C(O)Cc1ccc(S(=O)Cc2ccccc2F)cc1. The van der Waals surface area contributed by atoms with Crippen molar-refractivity contribution < 1.29 is 18.5 Å². The van der Waals surface area contributed by atoms with Gasteiger partial charge in [0, 0.05) is 10.5 Å². The Labute approximate surface area is 118 Å². The van der Waals surface area contributed by atoms with Crippen LogP contribution in [0.25, 0.3) is 0 Å². The van der Waals surface area contributed by atoms with Gasteiger partial charge in [-0.2, -0.15) is 0 Å². The van der Waals surface area contributed by atoms with Crippen molar-refractivity contribution in [1.82, 2.24) is 0 Å². The summed E-state index contributed by atoms with van der Waals surface area (Å²) in [5.41, 5.74) is 1.05. The average Bonchev–Trinajstić information content (AvgIpc) is 2.41. The predicted octanol–water partition coefficient (Wildman–Crippen LogP) is 2.76. The summed E-state index contributed by atoms with van der Waals surface area (Å²) >= 11 is 0. The molecule has 3 nitrogen and oxygen atoms in total. The molecular weight excluding hydrogens is 279 g/mol. The van der Waals surface area contributed by atoms with E-state index in [9.17, 15) is 13.4 Å². The second-order valence-corrected chi connectivity index (χ2v) is 5.75. The van der Waals surface area contributed by atoms with Gasteiger partial charge in [-0.3, -0.25) is 9.00 Å². The van der Waals surface area contributed by atoms with Crippen LogP contribution in [0.2, 0.25) is 0 Å². The zero-order valence-corrected chi connectivity index (χ0v) is 11.4. The number of rotatable bonds is 5. The topological polar surface area (TPSA) is 54.4 Å². The van der Waals surface area contributed by atoms with Crippen molar-refractivity contribution in [2.24, 2.45) is 0 Å². The second-order valence-electron chi connectivity index (χ2n) is 4.30. The van der Waals surface area contributed by atoms with E-state index in [2.05, 4.69) is 0 Å². The first-order chi connectivity index (χ1) is 9.56. The van der Waals surface area contributed by atoms with Crippen LogP contribution >= 0.6 is 0 Å². The van der Waals surface area contributed by atoms with Crippen LogP contribution in [0.1, 0.15) is 11.1 Å². The molecule has 0 heterocycles. The number of hydrogen-bond acceptors (Lipinski definition) is 2. The van der Waals surface area contributed by atoms with E-state index in [0.717, 1.165) is 0 Å². The lowest BCUT2D eigenvalue weighted by molar-refractivity contribution is -0.136. The van der Waals surface area contributed by atoms with E-state index >= 15 is 0 Å². The lowest BCUT2D eigenvalue weighted by Crippen LogP contribution is -2.01. The molecular formula is C15H13FO3S. The van der Waals surface area contributed by atoms with Crippen molar-refractivity contribution in [3.8, 4) is 0 Å². The van der Waals surface area contributed by atoms with Gasteiger partial charge in [0.1, 0.15) is 5.82 Å². The maximum Gasteiger partial charge on any atom is 0.307 e. The normalized spacial score (nSPS) is 12.1. The highest BCUT2D eigenvalue weighted by Gasteiger charge is 2.09.